The quantitative estimate of drug-likeness (QED) is 0.705. The zero-order chi connectivity index (χ0) is 14.4. The maximum absolute atomic E-state index is 4.67. The van der Waals surface area contributed by atoms with E-state index in [4.69, 9.17) is 0 Å². The normalized spacial score (nSPS) is 14.1. The SMILES string of the molecule is CCCn1c2cccnc2c2c3c(ccc21)CN(C)C=C3. The van der Waals surface area contributed by atoms with Gasteiger partial charge >= 0.3 is 0 Å². The van der Waals surface area contributed by atoms with E-state index in [2.05, 4.69) is 58.9 Å². The van der Waals surface area contributed by atoms with Crippen LogP contribution in [0.2, 0.25) is 0 Å². The van der Waals surface area contributed by atoms with Crippen molar-refractivity contribution in [1.82, 2.24) is 14.5 Å². The monoisotopic (exact) mass is 277 g/mol. The Morgan fingerprint density at radius 2 is 2.10 bits per heavy atom. The molecule has 0 saturated heterocycles. The summed E-state index contributed by atoms with van der Waals surface area (Å²) in [5.74, 6) is 0. The fraction of sp³-hybridized carbons (Fsp3) is 0.278. The van der Waals surface area contributed by atoms with Gasteiger partial charge in [0.05, 0.1) is 16.6 Å². The van der Waals surface area contributed by atoms with Crippen molar-refractivity contribution in [2.24, 2.45) is 0 Å². The Kier molecular flexibility index (Phi) is 2.74. The summed E-state index contributed by atoms with van der Waals surface area (Å²) in [6, 6.07) is 8.74. The Bertz CT molecular complexity index is 858. The van der Waals surface area contributed by atoms with Crippen LogP contribution < -0.4 is 0 Å². The fourth-order valence-electron chi connectivity index (χ4n) is 3.38. The van der Waals surface area contributed by atoms with Crippen molar-refractivity contribution in [3.05, 3.63) is 47.8 Å². The lowest BCUT2D eigenvalue weighted by atomic mass is 9.99. The molecule has 0 fully saturated rings. The van der Waals surface area contributed by atoms with Gasteiger partial charge in [-0.2, -0.15) is 0 Å². The van der Waals surface area contributed by atoms with Gasteiger partial charge in [-0.15, -0.1) is 0 Å². The lowest BCUT2D eigenvalue weighted by Crippen LogP contribution is -2.14. The van der Waals surface area contributed by atoms with Gasteiger partial charge in [0.2, 0.25) is 0 Å². The summed E-state index contributed by atoms with van der Waals surface area (Å²) >= 11 is 0. The summed E-state index contributed by atoms with van der Waals surface area (Å²) in [6.07, 6.45) is 7.42. The molecule has 1 aliphatic heterocycles. The van der Waals surface area contributed by atoms with Gasteiger partial charge < -0.3 is 9.47 Å². The Hall–Kier alpha value is -2.29. The zero-order valence-electron chi connectivity index (χ0n) is 12.5. The van der Waals surface area contributed by atoms with E-state index in [-0.39, 0.29) is 0 Å². The predicted molar refractivity (Wildman–Crippen MR) is 88.0 cm³/mol. The summed E-state index contributed by atoms with van der Waals surface area (Å²) in [5.41, 5.74) is 6.40. The topological polar surface area (TPSA) is 21.1 Å². The van der Waals surface area contributed by atoms with Crippen molar-refractivity contribution in [3.8, 4) is 0 Å². The third-order valence-electron chi connectivity index (χ3n) is 4.28. The molecule has 0 N–H and O–H groups in total. The molecule has 106 valence electrons. The number of nitrogens with zero attached hydrogens (tertiary/aromatic N) is 3. The molecule has 3 heteroatoms. The van der Waals surface area contributed by atoms with E-state index in [1.807, 2.05) is 12.3 Å². The molecule has 1 aliphatic rings. The van der Waals surface area contributed by atoms with Gasteiger partial charge in [0.25, 0.3) is 0 Å². The van der Waals surface area contributed by atoms with E-state index in [0.717, 1.165) is 25.0 Å². The number of fused-ring (bicyclic) bond motifs is 5. The number of rotatable bonds is 2. The van der Waals surface area contributed by atoms with Crippen molar-refractivity contribution >= 4 is 28.0 Å². The standard InChI is InChI=1S/C18H19N3/c1-3-10-21-15-7-6-13-12-20(2)11-8-14(13)17(15)18-16(21)5-4-9-19-18/h4-9,11H,3,10,12H2,1-2H3. The van der Waals surface area contributed by atoms with Crippen LogP contribution in [0.3, 0.4) is 0 Å². The van der Waals surface area contributed by atoms with Crippen LogP contribution in [0.15, 0.2) is 36.7 Å². The lowest BCUT2D eigenvalue weighted by Gasteiger charge is -2.21. The van der Waals surface area contributed by atoms with Gasteiger partial charge in [-0.05, 0) is 48.0 Å². The maximum Gasteiger partial charge on any atom is 0.0965 e. The Labute approximate surface area is 124 Å². The molecule has 3 nitrogen and oxygen atoms in total. The third-order valence-corrected chi connectivity index (χ3v) is 4.28. The van der Waals surface area contributed by atoms with Gasteiger partial charge in [0.1, 0.15) is 0 Å². The van der Waals surface area contributed by atoms with Crippen LogP contribution in [-0.2, 0) is 13.1 Å². The molecule has 0 spiro atoms. The highest BCUT2D eigenvalue weighted by atomic mass is 15.1. The summed E-state index contributed by atoms with van der Waals surface area (Å²) in [7, 11) is 2.11. The zero-order valence-corrected chi connectivity index (χ0v) is 12.5. The average Bonchev–Trinajstić information content (AvgIpc) is 2.82. The second-order valence-corrected chi connectivity index (χ2v) is 5.79. The number of aryl methyl sites for hydroxylation is 1. The second kappa shape index (κ2) is 4.62. The minimum atomic E-state index is 0.967. The number of aromatic nitrogens is 2. The van der Waals surface area contributed by atoms with E-state index >= 15 is 0 Å². The number of benzene rings is 1. The molecule has 21 heavy (non-hydrogen) atoms. The maximum atomic E-state index is 4.67. The first-order valence-electron chi connectivity index (χ1n) is 7.57. The van der Waals surface area contributed by atoms with E-state index in [0.29, 0.717) is 0 Å². The molecule has 0 saturated carbocycles. The summed E-state index contributed by atoms with van der Waals surface area (Å²) in [4.78, 5) is 6.89. The summed E-state index contributed by atoms with van der Waals surface area (Å²) < 4.78 is 2.41. The van der Waals surface area contributed by atoms with Crippen molar-refractivity contribution < 1.29 is 0 Å². The molecule has 2 aromatic heterocycles. The average molecular weight is 277 g/mol. The molecule has 0 unspecified atom stereocenters. The minimum absolute atomic E-state index is 0.967. The number of hydrogen-bond donors (Lipinski definition) is 0. The van der Waals surface area contributed by atoms with Crippen molar-refractivity contribution in [3.63, 3.8) is 0 Å². The molecule has 4 rings (SSSR count). The second-order valence-electron chi connectivity index (χ2n) is 5.79. The van der Waals surface area contributed by atoms with E-state index in [1.165, 1.54) is 27.5 Å². The Balaban J connectivity index is 2.14. The molecule has 0 atom stereocenters. The summed E-state index contributed by atoms with van der Waals surface area (Å²) in [6.45, 7) is 4.23. The lowest BCUT2D eigenvalue weighted by molar-refractivity contribution is 0.448. The van der Waals surface area contributed by atoms with E-state index in [1.54, 1.807) is 0 Å². The van der Waals surface area contributed by atoms with Crippen LogP contribution in [0.1, 0.15) is 24.5 Å². The van der Waals surface area contributed by atoms with Crippen molar-refractivity contribution in [2.75, 3.05) is 7.05 Å². The van der Waals surface area contributed by atoms with E-state index in [9.17, 15) is 0 Å². The van der Waals surface area contributed by atoms with Crippen LogP contribution in [0.4, 0.5) is 0 Å². The van der Waals surface area contributed by atoms with Crippen LogP contribution in [0, 0.1) is 0 Å². The Morgan fingerprint density at radius 3 is 2.95 bits per heavy atom. The third kappa shape index (κ3) is 1.77. The van der Waals surface area contributed by atoms with Crippen molar-refractivity contribution in [1.29, 1.82) is 0 Å². The molecule has 1 aromatic carbocycles. The van der Waals surface area contributed by atoms with Crippen LogP contribution in [-0.4, -0.2) is 21.5 Å². The van der Waals surface area contributed by atoms with Gasteiger partial charge in [0.15, 0.2) is 0 Å². The largest absolute Gasteiger partial charge is 0.376 e. The molecular formula is C18H19N3. The van der Waals surface area contributed by atoms with E-state index < -0.39 is 0 Å². The Morgan fingerprint density at radius 1 is 1.19 bits per heavy atom. The molecule has 3 aromatic rings. The molecular weight excluding hydrogens is 258 g/mol. The molecule has 3 heterocycles. The highest BCUT2D eigenvalue weighted by Crippen LogP contribution is 2.34. The van der Waals surface area contributed by atoms with Gasteiger partial charge in [-0.25, -0.2) is 0 Å². The summed E-state index contributed by atoms with van der Waals surface area (Å²) in [5, 5.41) is 1.31. The molecule has 0 radical (unpaired) electrons. The van der Waals surface area contributed by atoms with Crippen LogP contribution in [0.5, 0.6) is 0 Å². The smallest absolute Gasteiger partial charge is 0.0965 e. The van der Waals surface area contributed by atoms with Crippen LogP contribution in [0.25, 0.3) is 28.0 Å². The first-order chi connectivity index (χ1) is 10.3. The number of hydrogen-bond acceptors (Lipinski definition) is 2. The highest BCUT2D eigenvalue weighted by Gasteiger charge is 2.18. The molecule has 0 aliphatic carbocycles. The molecule has 0 amide bonds. The van der Waals surface area contributed by atoms with Crippen LogP contribution >= 0.6 is 0 Å². The predicted octanol–water partition coefficient (Wildman–Crippen LogP) is 4.02. The van der Waals surface area contributed by atoms with Gasteiger partial charge in [0, 0.05) is 31.7 Å². The minimum Gasteiger partial charge on any atom is -0.376 e. The van der Waals surface area contributed by atoms with Gasteiger partial charge in [-0.1, -0.05) is 13.0 Å². The first kappa shape index (κ1) is 12.5. The van der Waals surface area contributed by atoms with Gasteiger partial charge in [-0.3, -0.25) is 4.98 Å². The van der Waals surface area contributed by atoms with Crippen molar-refractivity contribution in [2.45, 2.75) is 26.4 Å². The highest BCUT2D eigenvalue weighted by molar-refractivity contribution is 6.10. The molecule has 0 bridgehead atoms. The number of pyridine rings is 1. The first-order valence-corrected chi connectivity index (χ1v) is 7.57. The fourth-order valence-corrected chi connectivity index (χ4v) is 3.38.